The Hall–Kier alpha value is -1.35. The molecule has 1 fully saturated rings. The number of aliphatic carboxylic acids is 1. The molecule has 2 rings (SSSR count). The van der Waals surface area contributed by atoms with Crippen LogP contribution in [0.4, 0.5) is 0 Å². The molecule has 0 saturated heterocycles. The van der Waals surface area contributed by atoms with Crippen molar-refractivity contribution in [1.82, 2.24) is 0 Å². The van der Waals surface area contributed by atoms with E-state index in [9.17, 15) is 9.90 Å². The molecule has 0 aliphatic heterocycles. The summed E-state index contributed by atoms with van der Waals surface area (Å²) in [6, 6.07) is 7.65. The first-order valence-corrected chi connectivity index (χ1v) is 7.51. The summed E-state index contributed by atoms with van der Waals surface area (Å²) < 4.78 is 0. The van der Waals surface area contributed by atoms with Crippen LogP contribution in [-0.4, -0.2) is 16.2 Å². The summed E-state index contributed by atoms with van der Waals surface area (Å²) in [6.07, 6.45) is 5.37. The maximum absolute atomic E-state index is 11.8. The summed E-state index contributed by atoms with van der Waals surface area (Å²) in [5, 5.41) is 18.7. The highest BCUT2D eigenvalue weighted by atomic mass is 16.4. The number of aliphatic hydroxyl groups is 1. The molecule has 0 spiro atoms. The smallest absolute Gasteiger partial charge is 0.309 e. The van der Waals surface area contributed by atoms with E-state index < -0.39 is 11.4 Å². The fourth-order valence-electron chi connectivity index (χ4n) is 3.26. The van der Waals surface area contributed by atoms with Gasteiger partial charge in [-0.05, 0) is 49.1 Å². The van der Waals surface area contributed by atoms with Gasteiger partial charge in [-0.3, -0.25) is 4.79 Å². The lowest BCUT2D eigenvalue weighted by molar-refractivity contribution is -0.151. The number of benzene rings is 1. The molecule has 3 nitrogen and oxygen atoms in total. The molecule has 0 bridgehead atoms. The summed E-state index contributed by atoms with van der Waals surface area (Å²) in [7, 11) is 0. The van der Waals surface area contributed by atoms with Gasteiger partial charge in [0, 0.05) is 0 Å². The third kappa shape index (κ3) is 3.21. The lowest BCUT2D eigenvalue weighted by Crippen LogP contribution is -2.37. The number of hydrogen-bond donors (Lipinski definition) is 2. The molecule has 0 unspecified atom stereocenters. The highest BCUT2D eigenvalue weighted by Gasteiger charge is 2.41. The van der Waals surface area contributed by atoms with E-state index in [0.717, 1.165) is 43.2 Å². The first-order chi connectivity index (χ1) is 9.59. The van der Waals surface area contributed by atoms with Crippen LogP contribution >= 0.6 is 0 Å². The standard InChI is InChI=1S/C17H24O3/c1-2-13-7-9-17(10-8-13,16(19)20)11-14-3-5-15(12-18)6-4-14/h3-6,13,18H,2,7-12H2,1H3,(H,19,20). The molecular weight excluding hydrogens is 252 g/mol. The van der Waals surface area contributed by atoms with Gasteiger partial charge in [-0.1, -0.05) is 37.6 Å². The maximum Gasteiger partial charge on any atom is 0.309 e. The van der Waals surface area contributed by atoms with Gasteiger partial charge in [-0.15, -0.1) is 0 Å². The van der Waals surface area contributed by atoms with E-state index in [0.29, 0.717) is 12.3 Å². The van der Waals surface area contributed by atoms with Crippen molar-refractivity contribution in [2.75, 3.05) is 0 Å². The van der Waals surface area contributed by atoms with Crippen LogP contribution < -0.4 is 0 Å². The molecule has 0 atom stereocenters. The minimum atomic E-state index is -0.654. The first-order valence-electron chi connectivity index (χ1n) is 7.51. The minimum absolute atomic E-state index is 0.0303. The van der Waals surface area contributed by atoms with Gasteiger partial charge in [0.05, 0.1) is 12.0 Å². The third-order valence-corrected chi connectivity index (χ3v) is 4.84. The number of aliphatic hydroxyl groups excluding tert-OH is 1. The van der Waals surface area contributed by atoms with Crippen molar-refractivity contribution >= 4 is 5.97 Å². The summed E-state index contributed by atoms with van der Waals surface area (Å²) in [4.78, 5) is 11.8. The van der Waals surface area contributed by atoms with Gasteiger partial charge in [0.15, 0.2) is 0 Å². The Morgan fingerprint density at radius 3 is 2.20 bits per heavy atom. The molecule has 2 N–H and O–H groups in total. The SMILES string of the molecule is CCC1CCC(Cc2ccc(CO)cc2)(C(=O)O)CC1. The molecule has 0 aromatic heterocycles. The Morgan fingerprint density at radius 2 is 1.75 bits per heavy atom. The van der Waals surface area contributed by atoms with Crippen LogP contribution in [0.2, 0.25) is 0 Å². The first kappa shape index (κ1) is 15.0. The van der Waals surface area contributed by atoms with Gasteiger partial charge in [0.1, 0.15) is 0 Å². The second-order valence-corrected chi connectivity index (χ2v) is 6.09. The lowest BCUT2D eigenvalue weighted by atomic mass is 9.67. The lowest BCUT2D eigenvalue weighted by Gasteiger charge is -2.36. The summed E-state index contributed by atoms with van der Waals surface area (Å²) in [5.74, 6) is 0.0394. The molecule has 1 aromatic rings. The van der Waals surface area contributed by atoms with Gasteiger partial charge in [0.2, 0.25) is 0 Å². The number of carboxylic acids is 1. The number of carboxylic acid groups (broad SMARTS) is 1. The molecule has 0 amide bonds. The maximum atomic E-state index is 11.8. The van der Waals surface area contributed by atoms with Crippen LogP contribution in [0.1, 0.15) is 50.2 Å². The van der Waals surface area contributed by atoms with Crippen molar-refractivity contribution in [3.8, 4) is 0 Å². The monoisotopic (exact) mass is 276 g/mol. The summed E-state index contributed by atoms with van der Waals surface area (Å²) in [5.41, 5.74) is 1.33. The summed E-state index contributed by atoms with van der Waals surface area (Å²) >= 11 is 0. The topological polar surface area (TPSA) is 57.5 Å². The zero-order valence-electron chi connectivity index (χ0n) is 12.1. The zero-order chi connectivity index (χ0) is 14.6. The fraction of sp³-hybridized carbons (Fsp3) is 0.588. The highest BCUT2D eigenvalue weighted by Crippen LogP contribution is 2.42. The third-order valence-electron chi connectivity index (χ3n) is 4.84. The number of carbonyl (C=O) groups is 1. The average molecular weight is 276 g/mol. The fourth-order valence-corrected chi connectivity index (χ4v) is 3.26. The van der Waals surface area contributed by atoms with Crippen LogP contribution in [0.25, 0.3) is 0 Å². The van der Waals surface area contributed by atoms with Crippen LogP contribution in [-0.2, 0) is 17.8 Å². The Labute approximate surface area is 120 Å². The van der Waals surface area contributed by atoms with Crippen molar-refractivity contribution in [3.05, 3.63) is 35.4 Å². The highest BCUT2D eigenvalue weighted by molar-refractivity contribution is 5.75. The van der Waals surface area contributed by atoms with E-state index in [1.54, 1.807) is 0 Å². The van der Waals surface area contributed by atoms with Crippen LogP contribution in [0, 0.1) is 11.3 Å². The van der Waals surface area contributed by atoms with Gasteiger partial charge in [-0.25, -0.2) is 0 Å². The van der Waals surface area contributed by atoms with Crippen molar-refractivity contribution in [1.29, 1.82) is 0 Å². The molecule has 20 heavy (non-hydrogen) atoms. The average Bonchev–Trinajstić information content (AvgIpc) is 2.48. The van der Waals surface area contributed by atoms with Gasteiger partial charge >= 0.3 is 5.97 Å². The zero-order valence-corrected chi connectivity index (χ0v) is 12.1. The Bertz CT molecular complexity index is 442. The van der Waals surface area contributed by atoms with E-state index in [1.807, 2.05) is 24.3 Å². The quantitative estimate of drug-likeness (QED) is 0.866. The van der Waals surface area contributed by atoms with Crippen LogP contribution in [0.3, 0.4) is 0 Å². The Kier molecular flexibility index (Phi) is 4.81. The van der Waals surface area contributed by atoms with Crippen molar-refractivity contribution in [3.63, 3.8) is 0 Å². The molecule has 1 aliphatic carbocycles. The molecule has 1 saturated carbocycles. The van der Waals surface area contributed by atoms with E-state index in [1.165, 1.54) is 0 Å². The second-order valence-electron chi connectivity index (χ2n) is 6.09. The van der Waals surface area contributed by atoms with Gasteiger partial charge in [0.25, 0.3) is 0 Å². The predicted molar refractivity (Wildman–Crippen MR) is 78.4 cm³/mol. The minimum Gasteiger partial charge on any atom is -0.481 e. The Morgan fingerprint density at radius 1 is 1.20 bits per heavy atom. The van der Waals surface area contributed by atoms with Crippen LogP contribution in [0.5, 0.6) is 0 Å². The molecule has 1 aromatic carbocycles. The normalized spacial score (nSPS) is 26.4. The van der Waals surface area contributed by atoms with E-state index >= 15 is 0 Å². The molecule has 110 valence electrons. The molecule has 0 heterocycles. The van der Waals surface area contributed by atoms with Crippen molar-refractivity contribution in [2.45, 2.75) is 52.1 Å². The van der Waals surface area contributed by atoms with Gasteiger partial charge < -0.3 is 10.2 Å². The van der Waals surface area contributed by atoms with Crippen LogP contribution in [0.15, 0.2) is 24.3 Å². The molecule has 1 aliphatic rings. The Balaban J connectivity index is 2.11. The molecule has 3 heteroatoms. The second kappa shape index (κ2) is 6.40. The molecular formula is C17H24O3. The van der Waals surface area contributed by atoms with Gasteiger partial charge in [-0.2, -0.15) is 0 Å². The van der Waals surface area contributed by atoms with E-state index in [-0.39, 0.29) is 6.61 Å². The largest absolute Gasteiger partial charge is 0.481 e. The molecule has 0 radical (unpaired) electrons. The number of rotatable bonds is 5. The van der Waals surface area contributed by atoms with Crippen molar-refractivity contribution in [2.24, 2.45) is 11.3 Å². The van der Waals surface area contributed by atoms with Crippen molar-refractivity contribution < 1.29 is 15.0 Å². The summed E-state index contributed by atoms with van der Waals surface area (Å²) in [6.45, 7) is 2.22. The number of hydrogen-bond acceptors (Lipinski definition) is 2. The van der Waals surface area contributed by atoms with E-state index in [2.05, 4.69) is 6.92 Å². The van der Waals surface area contributed by atoms with E-state index in [4.69, 9.17) is 5.11 Å². The predicted octanol–water partition coefficient (Wildman–Crippen LogP) is 3.39.